The summed E-state index contributed by atoms with van der Waals surface area (Å²) in [6.07, 6.45) is 4.30. The van der Waals surface area contributed by atoms with E-state index in [1.165, 1.54) is 6.26 Å². The number of nitrogens with one attached hydrogen (secondary N) is 1. The molecule has 1 aromatic carbocycles. The van der Waals surface area contributed by atoms with Gasteiger partial charge in [0.25, 0.3) is 0 Å². The van der Waals surface area contributed by atoms with Crippen LogP contribution < -0.4 is 15.8 Å². The third kappa shape index (κ3) is 5.70. The maximum atomic E-state index is 11.9. The molecule has 1 saturated heterocycles. The number of anilines is 2. The first-order valence-corrected chi connectivity index (χ1v) is 14.2. The number of nitrogens with zero attached hydrogens (tertiary/aromatic N) is 7. The number of ether oxygens (including phenoxy) is 1. The average molecular weight is 542 g/mol. The lowest BCUT2D eigenvalue weighted by Crippen LogP contribution is -2.38. The summed E-state index contributed by atoms with van der Waals surface area (Å²) in [5.41, 5.74) is 9.27. The van der Waals surface area contributed by atoms with Crippen LogP contribution in [-0.2, 0) is 29.5 Å². The number of fused-ring (bicyclic) bond motifs is 1. The summed E-state index contributed by atoms with van der Waals surface area (Å²) in [5.74, 6) is 2.36. The number of nitrogen functional groups attached to an aromatic ring is 1. The third-order valence-corrected chi connectivity index (χ3v) is 8.39. The molecule has 1 aliphatic heterocycles. The molecule has 3 N–H and O–H groups in total. The molecule has 4 aromatic rings. The lowest BCUT2D eigenvalue weighted by Gasteiger charge is -2.31. The lowest BCUT2D eigenvalue weighted by molar-refractivity contribution is 0.222. The highest BCUT2D eigenvalue weighted by molar-refractivity contribution is 7.91. The molecular weight excluding hydrogens is 510 g/mol. The first kappa shape index (κ1) is 25.9. The van der Waals surface area contributed by atoms with E-state index in [1.807, 2.05) is 12.1 Å². The Hall–Kier alpha value is -3.78. The first-order valence-electron chi connectivity index (χ1n) is 12.3. The second kappa shape index (κ2) is 10.5. The summed E-state index contributed by atoms with van der Waals surface area (Å²) in [6.45, 7) is 4.69. The highest BCUT2D eigenvalue weighted by Gasteiger charge is 2.26. The number of rotatable bonds is 9. The van der Waals surface area contributed by atoms with Gasteiger partial charge in [-0.15, -0.1) is 0 Å². The lowest BCUT2D eigenvalue weighted by atomic mass is 10.1. The Balaban J connectivity index is 1.33. The zero-order valence-corrected chi connectivity index (χ0v) is 22.4. The Morgan fingerprint density at radius 1 is 1.18 bits per heavy atom. The van der Waals surface area contributed by atoms with Crippen LogP contribution in [0.15, 0.2) is 28.9 Å². The molecule has 5 rings (SSSR count). The standard InChI is InChI=1S/C24H31N9O4S/c1-15-28-21(31-37-15)12-26-23-22-19(29-24(25)30-23)11-27-33(22)14-17-5-4-16(10-20(17)36-2)13-32-8-6-18(7-9-32)38(3,34)35/h4-5,10-11,18H,6-9,12-14H2,1-3H3,(H3,25,26,29,30). The molecule has 13 nitrogen and oxygen atoms in total. The van der Waals surface area contributed by atoms with Crippen molar-refractivity contribution in [2.45, 2.75) is 44.6 Å². The van der Waals surface area contributed by atoms with Crippen molar-refractivity contribution < 1.29 is 17.7 Å². The van der Waals surface area contributed by atoms with Crippen molar-refractivity contribution in [3.8, 4) is 5.75 Å². The fourth-order valence-electron chi connectivity index (χ4n) is 4.77. The molecule has 3 aromatic heterocycles. The van der Waals surface area contributed by atoms with E-state index in [9.17, 15) is 8.42 Å². The fraction of sp³-hybridized carbons (Fsp3) is 0.458. The number of hydrogen-bond donors (Lipinski definition) is 2. The largest absolute Gasteiger partial charge is 0.496 e. The second-order valence-electron chi connectivity index (χ2n) is 9.50. The van der Waals surface area contributed by atoms with Gasteiger partial charge in [0, 0.05) is 25.3 Å². The number of hydrogen-bond acceptors (Lipinski definition) is 12. The number of aromatic nitrogens is 6. The molecule has 0 bridgehead atoms. The van der Waals surface area contributed by atoms with Crippen LogP contribution in [-0.4, -0.2) is 74.9 Å². The molecule has 0 aliphatic carbocycles. The number of methoxy groups -OCH3 is 1. The first-order chi connectivity index (χ1) is 18.2. The highest BCUT2D eigenvalue weighted by atomic mass is 32.2. The van der Waals surface area contributed by atoms with Crippen molar-refractivity contribution in [1.82, 2.24) is 34.8 Å². The summed E-state index contributed by atoms with van der Waals surface area (Å²) in [7, 11) is -1.34. The monoisotopic (exact) mass is 541 g/mol. The van der Waals surface area contributed by atoms with Crippen LogP contribution in [0.3, 0.4) is 0 Å². The molecule has 0 unspecified atom stereocenters. The fourth-order valence-corrected chi connectivity index (χ4v) is 5.84. The minimum atomic E-state index is -2.99. The van der Waals surface area contributed by atoms with E-state index < -0.39 is 9.84 Å². The van der Waals surface area contributed by atoms with Gasteiger partial charge in [-0.1, -0.05) is 17.3 Å². The topological polar surface area (TPSA) is 167 Å². The summed E-state index contributed by atoms with van der Waals surface area (Å²) in [5, 5.41) is 11.4. The Morgan fingerprint density at radius 2 is 1.97 bits per heavy atom. The van der Waals surface area contributed by atoms with Crippen LogP contribution in [0, 0.1) is 6.92 Å². The van der Waals surface area contributed by atoms with E-state index >= 15 is 0 Å². The quantitative estimate of drug-likeness (QED) is 0.316. The Bertz CT molecular complexity index is 1540. The minimum Gasteiger partial charge on any atom is -0.496 e. The Labute approximate surface area is 220 Å². The number of benzene rings is 1. The molecule has 1 fully saturated rings. The molecule has 0 spiro atoms. The zero-order chi connectivity index (χ0) is 26.9. The smallest absolute Gasteiger partial charge is 0.223 e. The van der Waals surface area contributed by atoms with Crippen LogP contribution in [0.25, 0.3) is 11.0 Å². The SMILES string of the molecule is COc1cc(CN2CCC(S(C)(=O)=O)CC2)ccc1Cn1ncc2nc(N)nc(NCc3noc(C)n3)c21. The van der Waals surface area contributed by atoms with E-state index in [1.54, 1.807) is 24.9 Å². The van der Waals surface area contributed by atoms with Crippen molar-refractivity contribution in [3.05, 3.63) is 47.2 Å². The third-order valence-electron chi connectivity index (χ3n) is 6.71. The average Bonchev–Trinajstić information content (AvgIpc) is 3.48. The van der Waals surface area contributed by atoms with Gasteiger partial charge in [0.05, 0.1) is 31.6 Å². The Morgan fingerprint density at radius 3 is 2.66 bits per heavy atom. The van der Waals surface area contributed by atoms with Gasteiger partial charge in [-0.05, 0) is 37.6 Å². The zero-order valence-electron chi connectivity index (χ0n) is 21.6. The van der Waals surface area contributed by atoms with Crippen LogP contribution >= 0.6 is 0 Å². The van der Waals surface area contributed by atoms with Gasteiger partial charge in [0.15, 0.2) is 11.6 Å². The van der Waals surface area contributed by atoms with Gasteiger partial charge < -0.3 is 20.3 Å². The Kier molecular flexibility index (Phi) is 7.17. The molecule has 0 saturated carbocycles. The molecule has 14 heteroatoms. The van der Waals surface area contributed by atoms with Crippen molar-refractivity contribution in [1.29, 1.82) is 0 Å². The highest BCUT2D eigenvalue weighted by Crippen LogP contribution is 2.27. The van der Waals surface area contributed by atoms with E-state index in [0.717, 1.165) is 36.5 Å². The molecule has 4 heterocycles. The molecule has 202 valence electrons. The predicted molar refractivity (Wildman–Crippen MR) is 141 cm³/mol. The van der Waals surface area contributed by atoms with Gasteiger partial charge in [-0.2, -0.15) is 15.1 Å². The minimum absolute atomic E-state index is 0.131. The maximum absolute atomic E-state index is 11.9. The number of piperidine rings is 1. The maximum Gasteiger partial charge on any atom is 0.223 e. The number of sulfone groups is 1. The summed E-state index contributed by atoms with van der Waals surface area (Å²) < 4.78 is 36.3. The van der Waals surface area contributed by atoms with Crippen molar-refractivity contribution in [2.75, 3.05) is 37.5 Å². The van der Waals surface area contributed by atoms with Crippen molar-refractivity contribution >= 4 is 32.6 Å². The molecule has 0 atom stereocenters. The van der Waals surface area contributed by atoms with Gasteiger partial charge in [-0.25, -0.2) is 13.4 Å². The van der Waals surface area contributed by atoms with Gasteiger partial charge in [0.1, 0.15) is 26.6 Å². The molecule has 38 heavy (non-hydrogen) atoms. The van der Waals surface area contributed by atoms with Crippen LogP contribution in [0.4, 0.5) is 11.8 Å². The van der Waals surface area contributed by atoms with E-state index in [4.69, 9.17) is 15.0 Å². The van der Waals surface area contributed by atoms with Crippen molar-refractivity contribution in [2.24, 2.45) is 0 Å². The number of likely N-dealkylation sites (tertiary alicyclic amines) is 1. The normalized spacial score (nSPS) is 15.2. The van der Waals surface area contributed by atoms with Crippen LogP contribution in [0.2, 0.25) is 0 Å². The van der Waals surface area contributed by atoms with E-state index in [-0.39, 0.29) is 11.2 Å². The predicted octanol–water partition coefficient (Wildman–Crippen LogP) is 1.78. The summed E-state index contributed by atoms with van der Waals surface area (Å²) in [6, 6.07) is 6.12. The number of aryl methyl sites for hydroxylation is 1. The molecular formula is C24H31N9O4S. The summed E-state index contributed by atoms with van der Waals surface area (Å²) >= 11 is 0. The van der Waals surface area contributed by atoms with Gasteiger partial charge in [0.2, 0.25) is 11.8 Å². The number of nitrogens with two attached hydrogens (primary N) is 1. The second-order valence-corrected chi connectivity index (χ2v) is 11.8. The van der Waals surface area contributed by atoms with E-state index in [2.05, 4.69) is 41.5 Å². The van der Waals surface area contributed by atoms with E-state index in [0.29, 0.717) is 54.5 Å². The van der Waals surface area contributed by atoms with Crippen LogP contribution in [0.5, 0.6) is 5.75 Å². The molecule has 0 amide bonds. The molecule has 0 radical (unpaired) electrons. The molecule has 1 aliphatic rings. The van der Waals surface area contributed by atoms with Crippen molar-refractivity contribution in [3.63, 3.8) is 0 Å². The van der Waals surface area contributed by atoms with Gasteiger partial charge in [-0.3, -0.25) is 9.58 Å². The van der Waals surface area contributed by atoms with Gasteiger partial charge >= 0.3 is 0 Å². The van der Waals surface area contributed by atoms with Crippen LogP contribution in [0.1, 0.15) is 35.7 Å². The summed E-state index contributed by atoms with van der Waals surface area (Å²) in [4.78, 5) is 15.2.